The van der Waals surface area contributed by atoms with Gasteiger partial charge in [0.2, 0.25) is 5.91 Å². The first-order chi connectivity index (χ1) is 6.10. The summed E-state index contributed by atoms with van der Waals surface area (Å²) < 4.78 is 0. The summed E-state index contributed by atoms with van der Waals surface area (Å²) in [6.45, 7) is 5.03. The number of carbonyl (C=O) groups is 1. The Morgan fingerprint density at radius 3 is 2.77 bits per heavy atom. The molecule has 0 aromatic carbocycles. The summed E-state index contributed by atoms with van der Waals surface area (Å²) in [6, 6.07) is 4.26. The summed E-state index contributed by atoms with van der Waals surface area (Å²) >= 11 is 1.79. The standard InChI is InChI=1S/C10H13NOS/c1-7-3-4-8(13-7)10(2)5-9(12)11-6-10/h3-4H,5-6H2,1-2H3,(H,11,12). The Morgan fingerprint density at radius 2 is 2.31 bits per heavy atom. The van der Waals surface area contributed by atoms with Crippen LogP contribution in [0.5, 0.6) is 0 Å². The predicted octanol–water partition coefficient (Wildman–Crippen LogP) is 1.83. The maximum Gasteiger partial charge on any atom is 0.221 e. The van der Waals surface area contributed by atoms with E-state index in [4.69, 9.17) is 0 Å². The molecule has 13 heavy (non-hydrogen) atoms. The van der Waals surface area contributed by atoms with Crippen LogP contribution in [0, 0.1) is 6.92 Å². The first-order valence-electron chi connectivity index (χ1n) is 4.44. The molecule has 1 aliphatic heterocycles. The van der Waals surface area contributed by atoms with E-state index in [1.165, 1.54) is 9.75 Å². The summed E-state index contributed by atoms with van der Waals surface area (Å²) in [5, 5.41) is 2.89. The molecule has 1 aliphatic rings. The van der Waals surface area contributed by atoms with Gasteiger partial charge < -0.3 is 5.32 Å². The Bertz CT molecular complexity index is 344. The van der Waals surface area contributed by atoms with E-state index in [-0.39, 0.29) is 11.3 Å². The molecule has 2 rings (SSSR count). The molecular formula is C10H13NOS. The molecule has 70 valence electrons. The van der Waals surface area contributed by atoms with Gasteiger partial charge in [-0.05, 0) is 19.1 Å². The van der Waals surface area contributed by atoms with E-state index < -0.39 is 0 Å². The second kappa shape index (κ2) is 2.84. The van der Waals surface area contributed by atoms with Gasteiger partial charge in [0.05, 0.1) is 0 Å². The maximum absolute atomic E-state index is 11.1. The lowest BCUT2D eigenvalue weighted by Crippen LogP contribution is -2.23. The van der Waals surface area contributed by atoms with E-state index in [1.54, 1.807) is 11.3 Å². The fraction of sp³-hybridized carbons (Fsp3) is 0.500. The van der Waals surface area contributed by atoms with Crippen LogP contribution in [0.3, 0.4) is 0 Å². The minimum atomic E-state index is 0.0377. The number of hydrogen-bond acceptors (Lipinski definition) is 2. The van der Waals surface area contributed by atoms with E-state index in [0.717, 1.165) is 6.54 Å². The average molecular weight is 195 g/mol. The zero-order valence-corrected chi connectivity index (χ0v) is 8.70. The van der Waals surface area contributed by atoms with Crippen LogP contribution in [0.2, 0.25) is 0 Å². The van der Waals surface area contributed by atoms with Gasteiger partial charge in [-0.25, -0.2) is 0 Å². The number of amides is 1. The molecule has 0 bridgehead atoms. The van der Waals surface area contributed by atoms with Crippen LogP contribution in [0.25, 0.3) is 0 Å². The van der Waals surface area contributed by atoms with Crippen molar-refractivity contribution < 1.29 is 4.79 Å². The van der Waals surface area contributed by atoms with Crippen molar-refractivity contribution in [2.24, 2.45) is 0 Å². The summed E-state index contributed by atoms with van der Waals surface area (Å²) in [5.74, 6) is 0.175. The molecule has 2 heterocycles. The molecule has 0 saturated carbocycles. The van der Waals surface area contributed by atoms with Gasteiger partial charge in [-0.2, -0.15) is 0 Å². The molecule has 0 radical (unpaired) electrons. The third kappa shape index (κ3) is 1.48. The Kier molecular flexibility index (Phi) is 1.91. The van der Waals surface area contributed by atoms with E-state index in [0.29, 0.717) is 6.42 Å². The van der Waals surface area contributed by atoms with Crippen molar-refractivity contribution in [3.8, 4) is 0 Å². The number of rotatable bonds is 1. The van der Waals surface area contributed by atoms with E-state index in [1.807, 2.05) is 0 Å². The fourth-order valence-electron chi connectivity index (χ4n) is 1.71. The molecule has 1 aromatic heterocycles. The molecule has 1 saturated heterocycles. The largest absolute Gasteiger partial charge is 0.355 e. The van der Waals surface area contributed by atoms with Crippen LogP contribution in [0.15, 0.2) is 12.1 Å². The van der Waals surface area contributed by atoms with Crippen molar-refractivity contribution >= 4 is 17.2 Å². The predicted molar refractivity (Wildman–Crippen MR) is 54.0 cm³/mol. The molecule has 1 amide bonds. The smallest absolute Gasteiger partial charge is 0.221 e. The fourth-order valence-corrected chi connectivity index (χ4v) is 2.72. The maximum atomic E-state index is 11.1. The lowest BCUT2D eigenvalue weighted by atomic mass is 9.88. The van der Waals surface area contributed by atoms with Crippen LogP contribution < -0.4 is 5.32 Å². The summed E-state index contributed by atoms with van der Waals surface area (Å²) in [5.41, 5.74) is 0.0377. The number of carbonyl (C=O) groups excluding carboxylic acids is 1. The SMILES string of the molecule is Cc1ccc(C2(C)CNC(=O)C2)s1. The Balaban J connectivity index is 2.30. The minimum absolute atomic E-state index is 0.0377. The van der Waals surface area contributed by atoms with Crippen molar-refractivity contribution in [3.05, 3.63) is 21.9 Å². The van der Waals surface area contributed by atoms with E-state index in [2.05, 4.69) is 31.3 Å². The Hall–Kier alpha value is -0.830. The molecule has 1 unspecified atom stereocenters. The molecule has 1 aromatic rings. The zero-order valence-electron chi connectivity index (χ0n) is 7.89. The quantitative estimate of drug-likeness (QED) is 0.728. The highest BCUT2D eigenvalue weighted by Crippen LogP contribution is 2.35. The zero-order chi connectivity index (χ0) is 9.47. The number of hydrogen-bond donors (Lipinski definition) is 1. The molecule has 1 atom stereocenters. The third-order valence-electron chi connectivity index (χ3n) is 2.56. The topological polar surface area (TPSA) is 29.1 Å². The molecule has 2 nitrogen and oxygen atoms in total. The third-order valence-corrected chi connectivity index (χ3v) is 3.87. The van der Waals surface area contributed by atoms with Gasteiger partial charge in [-0.1, -0.05) is 6.92 Å². The van der Waals surface area contributed by atoms with Gasteiger partial charge in [0.25, 0.3) is 0 Å². The van der Waals surface area contributed by atoms with Crippen molar-refractivity contribution in [2.45, 2.75) is 25.7 Å². The highest BCUT2D eigenvalue weighted by atomic mass is 32.1. The van der Waals surface area contributed by atoms with Crippen LogP contribution in [0.1, 0.15) is 23.1 Å². The summed E-state index contributed by atoms with van der Waals surface area (Å²) in [6.07, 6.45) is 0.632. The Morgan fingerprint density at radius 1 is 1.54 bits per heavy atom. The van der Waals surface area contributed by atoms with Crippen LogP contribution in [0.4, 0.5) is 0 Å². The first-order valence-corrected chi connectivity index (χ1v) is 5.25. The molecule has 3 heteroatoms. The van der Waals surface area contributed by atoms with Crippen molar-refractivity contribution in [2.75, 3.05) is 6.54 Å². The van der Waals surface area contributed by atoms with Crippen LogP contribution in [-0.4, -0.2) is 12.5 Å². The van der Waals surface area contributed by atoms with Crippen molar-refractivity contribution in [1.29, 1.82) is 0 Å². The van der Waals surface area contributed by atoms with Crippen LogP contribution in [-0.2, 0) is 10.2 Å². The average Bonchev–Trinajstić information content (AvgIpc) is 2.60. The van der Waals surface area contributed by atoms with Gasteiger partial charge >= 0.3 is 0 Å². The number of nitrogens with one attached hydrogen (secondary N) is 1. The van der Waals surface area contributed by atoms with Gasteiger partial charge in [-0.15, -0.1) is 11.3 Å². The second-order valence-electron chi connectivity index (χ2n) is 3.92. The van der Waals surface area contributed by atoms with E-state index >= 15 is 0 Å². The minimum Gasteiger partial charge on any atom is -0.355 e. The molecule has 1 N–H and O–H groups in total. The van der Waals surface area contributed by atoms with Gasteiger partial charge in [-0.3, -0.25) is 4.79 Å². The number of thiophene rings is 1. The summed E-state index contributed by atoms with van der Waals surface area (Å²) in [7, 11) is 0. The highest BCUT2D eigenvalue weighted by molar-refractivity contribution is 7.12. The normalized spacial score (nSPS) is 27.7. The Labute approximate surface area is 82.0 Å². The highest BCUT2D eigenvalue weighted by Gasteiger charge is 2.36. The van der Waals surface area contributed by atoms with E-state index in [9.17, 15) is 4.79 Å². The van der Waals surface area contributed by atoms with Crippen molar-refractivity contribution in [1.82, 2.24) is 5.32 Å². The monoisotopic (exact) mass is 195 g/mol. The van der Waals surface area contributed by atoms with Crippen LogP contribution >= 0.6 is 11.3 Å². The lowest BCUT2D eigenvalue weighted by Gasteiger charge is -2.18. The van der Waals surface area contributed by atoms with Gasteiger partial charge in [0.15, 0.2) is 0 Å². The number of aryl methyl sites for hydroxylation is 1. The van der Waals surface area contributed by atoms with Gasteiger partial charge in [0, 0.05) is 28.1 Å². The molecular weight excluding hydrogens is 182 g/mol. The summed E-state index contributed by atoms with van der Waals surface area (Å²) in [4.78, 5) is 13.8. The van der Waals surface area contributed by atoms with Gasteiger partial charge in [0.1, 0.15) is 0 Å². The molecule has 1 fully saturated rings. The molecule has 0 spiro atoms. The van der Waals surface area contributed by atoms with Crippen molar-refractivity contribution in [3.63, 3.8) is 0 Å². The second-order valence-corrected chi connectivity index (χ2v) is 5.21. The lowest BCUT2D eigenvalue weighted by molar-refractivity contribution is -0.119. The first kappa shape index (κ1) is 8.75. The molecule has 0 aliphatic carbocycles.